The number of likely N-dealkylation sites (tertiary alicyclic amines) is 1. The van der Waals surface area contributed by atoms with Crippen LogP contribution in [0.5, 0.6) is 0 Å². The van der Waals surface area contributed by atoms with Crippen LogP contribution in [0.2, 0.25) is 0 Å². The molecule has 0 bridgehead atoms. The van der Waals surface area contributed by atoms with Gasteiger partial charge >= 0.3 is 0 Å². The van der Waals surface area contributed by atoms with Crippen molar-refractivity contribution in [3.05, 3.63) is 71.6 Å². The Morgan fingerprint density at radius 3 is 2.69 bits per heavy atom. The molecule has 6 nitrogen and oxygen atoms in total. The van der Waals surface area contributed by atoms with Gasteiger partial charge in [0.15, 0.2) is 0 Å². The maximum atomic E-state index is 12.5. The normalized spacial score (nSPS) is 15.3. The smallest absolute Gasteiger partial charge is 0.241 e. The molecule has 3 aromatic rings. The number of hydrogen-bond acceptors (Lipinski definition) is 5. The molecule has 0 spiro atoms. The molecule has 1 amide bonds. The summed E-state index contributed by atoms with van der Waals surface area (Å²) in [7, 11) is 0. The minimum Gasteiger partial charge on any atom is -0.352 e. The topological polar surface area (TPSA) is 71.3 Å². The Bertz CT molecular complexity index is 946. The lowest BCUT2D eigenvalue weighted by Gasteiger charge is -2.30. The molecule has 0 aliphatic carbocycles. The number of nitrogens with one attached hydrogen (secondary N) is 1. The number of carbonyl (C=O) groups excluding carboxylic acids is 1. The Morgan fingerprint density at radius 2 is 1.93 bits per heavy atom. The Kier molecular flexibility index (Phi) is 6.00. The second-order valence-corrected chi connectivity index (χ2v) is 7.64. The van der Waals surface area contributed by atoms with Gasteiger partial charge < -0.3 is 9.84 Å². The fraction of sp³-hybridized carbons (Fsp3) is 0.348. The quantitative estimate of drug-likeness (QED) is 0.697. The molecule has 0 radical (unpaired) electrons. The Labute approximate surface area is 170 Å². The highest BCUT2D eigenvalue weighted by Crippen LogP contribution is 2.20. The lowest BCUT2D eigenvalue weighted by atomic mass is 9.96. The van der Waals surface area contributed by atoms with Crippen molar-refractivity contribution in [3.8, 4) is 11.4 Å². The molecule has 0 saturated carbocycles. The van der Waals surface area contributed by atoms with Crippen molar-refractivity contribution < 1.29 is 9.32 Å². The molecule has 0 atom stereocenters. The summed E-state index contributed by atoms with van der Waals surface area (Å²) in [6.45, 7) is 4.98. The van der Waals surface area contributed by atoms with Gasteiger partial charge in [0.25, 0.3) is 0 Å². The van der Waals surface area contributed by atoms with E-state index in [-0.39, 0.29) is 11.8 Å². The van der Waals surface area contributed by atoms with E-state index in [1.165, 1.54) is 5.56 Å². The lowest BCUT2D eigenvalue weighted by molar-refractivity contribution is -0.126. The number of aromatic nitrogens is 2. The standard InChI is InChI=1S/C23H26N4O2/c1-17-6-5-7-18(14-17)15-24-23(28)20-10-12-27(13-11-20)16-21-25-22(26-29-21)19-8-3-2-4-9-19/h2-9,14,20H,10-13,15-16H2,1H3,(H,24,28). The third-order valence-corrected chi connectivity index (χ3v) is 5.37. The van der Waals surface area contributed by atoms with Crippen LogP contribution in [0.25, 0.3) is 11.4 Å². The molecule has 6 heteroatoms. The summed E-state index contributed by atoms with van der Waals surface area (Å²) >= 11 is 0. The van der Waals surface area contributed by atoms with Crippen LogP contribution in [-0.2, 0) is 17.9 Å². The zero-order valence-electron chi connectivity index (χ0n) is 16.7. The zero-order valence-corrected chi connectivity index (χ0v) is 16.7. The Balaban J connectivity index is 1.24. The average Bonchev–Trinajstić information content (AvgIpc) is 3.22. The summed E-state index contributed by atoms with van der Waals surface area (Å²) in [6.07, 6.45) is 1.69. The van der Waals surface area contributed by atoms with Crippen LogP contribution < -0.4 is 5.32 Å². The highest BCUT2D eigenvalue weighted by molar-refractivity contribution is 5.78. The van der Waals surface area contributed by atoms with Crippen molar-refractivity contribution in [2.45, 2.75) is 32.9 Å². The Hall–Kier alpha value is -2.99. The van der Waals surface area contributed by atoms with E-state index in [2.05, 4.69) is 39.4 Å². The van der Waals surface area contributed by atoms with Gasteiger partial charge in [-0.1, -0.05) is 65.3 Å². The van der Waals surface area contributed by atoms with Crippen LogP contribution in [-0.4, -0.2) is 34.0 Å². The summed E-state index contributed by atoms with van der Waals surface area (Å²) in [5.41, 5.74) is 3.30. The van der Waals surface area contributed by atoms with Gasteiger partial charge in [0.2, 0.25) is 17.6 Å². The fourth-order valence-electron chi connectivity index (χ4n) is 3.72. The molecule has 1 aromatic heterocycles. The highest BCUT2D eigenvalue weighted by Gasteiger charge is 2.25. The SMILES string of the molecule is Cc1cccc(CNC(=O)C2CCN(Cc3nc(-c4ccccc4)no3)CC2)c1. The van der Waals surface area contributed by atoms with E-state index >= 15 is 0 Å². The van der Waals surface area contributed by atoms with E-state index in [4.69, 9.17) is 4.52 Å². The molecule has 1 aliphatic heterocycles. The molecule has 4 rings (SSSR count). The first-order chi connectivity index (χ1) is 14.2. The molecule has 1 aliphatic rings. The van der Waals surface area contributed by atoms with Gasteiger partial charge in [-0.25, -0.2) is 0 Å². The molecule has 0 unspecified atom stereocenters. The van der Waals surface area contributed by atoms with Crippen LogP contribution in [0, 0.1) is 12.8 Å². The molecule has 1 saturated heterocycles. The van der Waals surface area contributed by atoms with Crippen LogP contribution in [0.3, 0.4) is 0 Å². The Morgan fingerprint density at radius 1 is 1.14 bits per heavy atom. The van der Waals surface area contributed by atoms with Crippen LogP contribution in [0.4, 0.5) is 0 Å². The summed E-state index contributed by atoms with van der Waals surface area (Å²) in [5.74, 6) is 1.45. The van der Waals surface area contributed by atoms with Gasteiger partial charge in [-0.15, -0.1) is 0 Å². The van der Waals surface area contributed by atoms with Crippen molar-refractivity contribution in [3.63, 3.8) is 0 Å². The van der Waals surface area contributed by atoms with Gasteiger partial charge in [0.05, 0.1) is 6.54 Å². The van der Waals surface area contributed by atoms with E-state index in [9.17, 15) is 4.79 Å². The van der Waals surface area contributed by atoms with E-state index in [0.717, 1.165) is 37.1 Å². The number of piperidine rings is 1. The number of aryl methyl sites for hydroxylation is 1. The molecular weight excluding hydrogens is 364 g/mol. The molecule has 2 aromatic carbocycles. The van der Waals surface area contributed by atoms with E-state index in [1.54, 1.807) is 0 Å². The summed E-state index contributed by atoms with van der Waals surface area (Å²) in [5, 5.41) is 7.16. The van der Waals surface area contributed by atoms with Gasteiger partial charge in [-0.2, -0.15) is 4.98 Å². The molecule has 150 valence electrons. The highest BCUT2D eigenvalue weighted by atomic mass is 16.5. The van der Waals surface area contributed by atoms with Gasteiger partial charge in [0.1, 0.15) is 0 Å². The van der Waals surface area contributed by atoms with E-state index in [0.29, 0.717) is 24.8 Å². The van der Waals surface area contributed by atoms with Gasteiger partial charge in [-0.05, 0) is 38.4 Å². The maximum absolute atomic E-state index is 12.5. The summed E-state index contributed by atoms with van der Waals surface area (Å²) in [4.78, 5) is 19.3. The maximum Gasteiger partial charge on any atom is 0.241 e. The van der Waals surface area contributed by atoms with Gasteiger partial charge in [0, 0.05) is 18.0 Å². The predicted molar refractivity (Wildman–Crippen MR) is 111 cm³/mol. The summed E-state index contributed by atoms with van der Waals surface area (Å²) in [6, 6.07) is 18.1. The zero-order chi connectivity index (χ0) is 20.1. The van der Waals surface area contributed by atoms with Crippen molar-refractivity contribution in [1.82, 2.24) is 20.4 Å². The van der Waals surface area contributed by atoms with Crippen molar-refractivity contribution in [2.75, 3.05) is 13.1 Å². The number of rotatable bonds is 6. The van der Waals surface area contributed by atoms with Crippen LogP contribution >= 0.6 is 0 Å². The number of carbonyl (C=O) groups is 1. The van der Waals surface area contributed by atoms with Crippen molar-refractivity contribution in [2.24, 2.45) is 5.92 Å². The largest absolute Gasteiger partial charge is 0.352 e. The lowest BCUT2D eigenvalue weighted by Crippen LogP contribution is -2.40. The number of benzene rings is 2. The third-order valence-electron chi connectivity index (χ3n) is 5.37. The van der Waals surface area contributed by atoms with Gasteiger partial charge in [-0.3, -0.25) is 9.69 Å². The van der Waals surface area contributed by atoms with Crippen molar-refractivity contribution in [1.29, 1.82) is 0 Å². The first-order valence-electron chi connectivity index (χ1n) is 10.1. The fourth-order valence-corrected chi connectivity index (χ4v) is 3.72. The molecule has 1 N–H and O–H groups in total. The number of nitrogens with zero attached hydrogens (tertiary/aromatic N) is 3. The second-order valence-electron chi connectivity index (χ2n) is 7.64. The molecule has 29 heavy (non-hydrogen) atoms. The molecule has 2 heterocycles. The summed E-state index contributed by atoms with van der Waals surface area (Å²) < 4.78 is 5.41. The first-order valence-corrected chi connectivity index (χ1v) is 10.1. The monoisotopic (exact) mass is 390 g/mol. The average molecular weight is 390 g/mol. The van der Waals surface area contributed by atoms with Crippen LogP contribution in [0.1, 0.15) is 29.9 Å². The van der Waals surface area contributed by atoms with E-state index in [1.807, 2.05) is 42.5 Å². The first kappa shape index (κ1) is 19.3. The molecular formula is C23H26N4O2. The van der Waals surface area contributed by atoms with Crippen LogP contribution in [0.15, 0.2) is 59.1 Å². The molecule has 1 fully saturated rings. The number of hydrogen-bond donors (Lipinski definition) is 1. The minimum atomic E-state index is 0.0682. The minimum absolute atomic E-state index is 0.0682. The third kappa shape index (κ3) is 5.09. The van der Waals surface area contributed by atoms with Crippen molar-refractivity contribution >= 4 is 5.91 Å². The second kappa shape index (κ2) is 9.01. The predicted octanol–water partition coefficient (Wildman–Crippen LogP) is 3.57. The van der Waals surface area contributed by atoms with E-state index < -0.39 is 0 Å². The number of amides is 1.